The van der Waals surface area contributed by atoms with Crippen LogP contribution in [0.1, 0.15) is 30.6 Å². The summed E-state index contributed by atoms with van der Waals surface area (Å²) in [5.41, 5.74) is 1.12. The third-order valence-electron chi connectivity index (χ3n) is 4.61. The number of para-hydroxylation sites is 1. The van der Waals surface area contributed by atoms with Crippen molar-refractivity contribution in [1.29, 1.82) is 0 Å². The van der Waals surface area contributed by atoms with Crippen LogP contribution in [-0.2, 0) is 24.1 Å². The van der Waals surface area contributed by atoms with E-state index in [9.17, 15) is 0 Å². The zero-order valence-electron chi connectivity index (χ0n) is 15.3. The molecule has 0 N–H and O–H groups in total. The Balaban J connectivity index is 1.60. The maximum absolute atomic E-state index is 5.43. The summed E-state index contributed by atoms with van der Waals surface area (Å²) in [5.74, 6) is 2.84. The van der Waals surface area contributed by atoms with Crippen molar-refractivity contribution in [1.82, 2.24) is 19.7 Å². The molecule has 1 aliphatic heterocycles. The van der Waals surface area contributed by atoms with E-state index in [2.05, 4.69) is 23.0 Å². The lowest BCUT2D eigenvalue weighted by molar-refractivity contribution is 0.0374. The molecule has 6 heteroatoms. The highest BCUT2D eigenvalue weighted by atomic mass is 16.5. The van der Waals surface area contributed by atoms with Gasteiger partial charge in [0.05, 0.1) is 20.3 Å². The van der Waals surface area contributed by atoms with Crippen molar-refractivity contribution in [2.24, 2.45) is 0 Å². The van der Waals surface area contributed by atoms with Crippen LogP contribution in [-0.4, -0.2) is 59.6 Å². The molecule has 0 spiro atoms. The van der Waals surface area contributed by atoms with Gasteiger partial charge < -0.3 is 9.47 Å². The molecule has 2 heterocycles. The van der Waals surface area contributed by atoms with Crippen LogP contribution in [0, 0.1) is 0 Å². The van der Waals surface area contributed by atoms with Crippen LogP contribution in [0.3, 0.4) is 0 Å². The van der Waals surface area contributed by atoms with E-state index in [4.69, 9.17) is 14.5 Å². The Hall–Kier alpha value is -1.92. The fourth-order valence-corrected chi connectivity index (χ4v) is 3.24. The molecule has 6 nitrogen and oxygen atoms in total. The zero-order valence-corrected chi connectivity index (χ0v) is 15.3. The van der Waals surface area contributed by atoms with Crippen LogP contribution < -0.4 is 4.74 Å². The molecule has 136 valence electrons. The maximum atomic E-state index is 5.43. The largest absolute Gasteiger partial charge is 0.496 e. The number of benzene rings is 1. The summed E-state index contributed by atoms with van der Waals surface area (Å²) in [6, 6.07) is 8.06. The monoisotopic (exact) mass is 344 g/mol. The Kier molecular flexibility index (Phi) is 6.42. The van der Waals surface area contributed by atoms with Crippen molar-refractivity contribution in [3.05, 3.63) is 41.5 Å². The number of rotatable bonds is 8. The van der Waals surface area contributed by atoms with E-state index in [0.29, 0.717) is 6.42 Å². The fourth-order valence-electron chi connectivity index (χ4n) is 3.24. The molecule has 1 aromatic heterocycles. The topological polar surface area (TPSA) is 52.4 Å². The number of morpholine rings is 1. The van der Waals surface area contributed by atoms with Gasteiger partial charge >= 0.3 is 0 Å². The minimum atomic E-state index is 0.702. The minimum Gasteiger partial charge on any atom is -0.496 e. The number of hydrogen-bond donors (Lipinski definition) is 0. The third kappa shape index (κ3) is 4.80. The van der Waals surface area contributed by atoms with E-state index in [1.54, 1.807) is 7.11 Å². The molecule has 0 radical (unpaired) electrons. The van der Waals surface area contributed by atoms with Gasteiger partial charge in [-0.2, -0.15) is 5.10 Å². The van der Waals surface area contributed by atoms with Gasteiger partial charge in [-0.05, 0) is 26.0 Å². The number of aromatic nitrogens is 3. The number of methoxy groups -OCH3 is 1. The molecular weight excluding hydrogens is 316 g/mol. The minimum absolute atomic E-state index is 0.702. The Bertz CT molecular complexity index is 665. The molecule has 0 amide bonds. The van der Waals surface area contributed by atoms with Gasteiger partial charge in [0.15, 0.2) is 5.82 Å². The molecule has 0 atom stereocenters. The zero-order chi connectivity index (χ0) is 17.5. The number of ether oxygens (including phenoxy) is 2. The summed E-state index contributed by atoms with van der Waals surface area (Å²) in [7, 11) is 1.70. The lowest BCUT2D eigenvalue weighted by Crippen LogP contribution is -2.37. The third-order valence-corrected chi connectivity index (χ3v) is 4.61. The summed E-state index contributed by atoms with van der Waals surface area (Å²) in [4.78, 5) is 7.25. The van der Waals surface area contributed by atoms with Gasteiger partial charge in [0.25, 0.3) is 0 Å². The van der Waals surface area contributed by atoms with Crippen molar-refractivity contribution >= 4 is 0 Å². The second-order valence-corrected chi connectivity index (χ2v) is 6.31. The van der Waals surface area contributed by atoms with E-state index in [-0.39, 0.29) is 0 Å². The predicted molar refractivity (Wildman–Crippen MR) is 97.1 cm³/mol. The van der Waals surface area contributed by atoms with Crippen molar-refractivity contribution < 1.29 is 9.47 Å². The molecule has 1 fully saturated rings. The van der Waals surface area contributed by atoms with Crippen LogP contribution in [0.2, 0.25) is 0 Å². The van der Waals surface area contributed by atoms with Gasteiger partial charge in [-0.1, -0.05) is 18.2 Å². The second kappa shape index (κ2) is 8.97. The van der Waals surface area contributed by atoms with E-state index < -0.39 is 0 Å². The standard InChI is InChI=1S/C19H28N4O2/c1-3-23-19(9-6-10-22-11-13-25-14-12-22)20-18(21-23)15-16-7-4-5-8-17(16)24-2/h4-5,7-8H,3,6,9-15H2,1-2H3. The highest BCUT2D eigenvalue weighted by Gasteiger charge is 2.13. The SMILES string of the molecule is CCn1nc(Cc2ccccc2OC)nc1CCCN1CCOCC1. The van der Waals surface area contributed by atoms with Crippen LogP contribution in [0.5, 0.6) is 5.75 Å². The molecular formula is C19H28N4O2. The molecule has 1 aliphatic rings. The van der Waals surface area contributed by atoms with E-state index in [1.807, 2.05) is 22.9 Å². The lowest BCUT2D eigenvalue weighted by atomic mass is 10.1. The van der Waals surface area contributed by atoms with Gasteiger partial charge in [-0.25, -0.2) is 4.98 Å². The summed E-state index contributed by atoms with van der Waals surface area (Å²) in [5, 5.41) is 4.68. The van der Waals surface area contributed by atoms with Gasteiger partial charge in [0, 0.05) is 38.0 Å². The highest BCUT2D eigenvalue weighted by Crippen LogP contribution is 2.20. The van der Waals surface area contributed by atoms with Crippen molar-refractivity contribution in [2.75, 3.05) is 40.0 Å². The summed E-state index contributed by atoms with van der Waals surface area (Å²) in [6.07, 6.45) is 2.77. The first-order valence-corrected chi connectivity index (χ1v) is 9.14. The molecule has 0 saturated carbocycles. The summed E-state index contributed by atoms with van der Waals surface area (Å²) >= 11 is 0. The Morgan fingerprint density at radius 2 is 2.00 bits per heavy atom. The molecule has 0 bridgehead atoms. The average Bonchev–Trinajstić information content (AvgIpc) is 3.05. The number of aryl methyl sites for hydroxylation is 2. The summed E-state index contributed by atoms with van der Waals surface area (Å²) in [6.45, 7) is 7.86. The van der Waals surface area contributed by atoms with Gasteiger partial charge in [-0.15, -0.1) is 0 Å². The molecule has 1 aromatic carbocycles. The van der Waals surface area contributed by atoms with Gasteiger partial charge in [-0.3, -0.25) is 9.58 Å². The van der Waals surface area contributed by atoms with Crippen molar-refractivity contribution in [3.8, 4) is 5.75 Å². The van der Waals surface area contributed by atoms with Crippen molar-refractivity contribution in [3.63, 3.8) is 0 Å². The molecule has 0 unspecified atom stereocenters. The van der Waals surface area contributed by atoms with Gasteiger partial charge in [0.2, 0.25) is 0 Å². The maximum Gasteiger partial charge on any atom is 0.155 e. The predicted octanol–water partition coefficient (Wildman–Crippen LogP) is 2.16. The molecule has 0 aliphatic carbocycles. The van der Waals surface area contributed by atoms with Crippen molar-refractivity contribution in [2.45, 2.75) is 32.7 Å². The number of nitrogens with zero attached hydrogens (tertiary/aromatic N) is 4. The molecule has 2 aromatic rings. The summed E-state index contributed by atoms with van der Waals surface area (Å²) < 4.78 is 12.9. The highest BCUT2D eigenvalue weighted by molar-refractivity contribution is 5.35. The quantitative estimate of drug-likeness (QED) is 0.734. The van der Waals surface area contributed by atoms with E-state index in [0.717, 1.165) is 75.2 Å². The van der Waals surface area contributed by atoms with Crippen LogP contribution in [0.25, 0.3) is 0 Å². The molecule has 25 heavy (non-hydrogen) atoms. The lowest BCUT2D eigenvalue weighted by Gasteiger charge is -2.26. The van der Waals surface area contributed by atoms with Crippen LogP contribution >= 0.6 is 0 Å². The smallest absolute Gasteiger partial charge is 0.155 e. The normalized spacial score (nSPS) is 15.4. The second-order valence-electron chi connectivity index (χ2n) is 6.31. The Morgan fingerprint density at radius 3 is 2.76 bits per heavy atom. The molecule has 1 saturated heterocycles. The van der Waals surface area contributed by atoms with Crippen LogP contribution in [0.15, 0.2) is 24.3 Å². The first-order valence-electron chi connectivity index (χ1n) is 9.14. The first-order chi connectivity index (χ1) is 12.3. The van der Waals surface area contributed by atoms with Gasteiger partial charge in [0.1, 0.15) is 11.6 Å². The number of hydrogen-bond acceptors (Lipinski definition) is 5. The van der Waals surface area contributed by atoms with E-state index in [1.165, 1.54) is 0 Å². The Labute approximate surface area is 149 Å². The van der Waals surface area contributed by atoms with E-state index >= 15 is 0 Å². The fraction of sp³-hybridized carbons (Fsp3) is 0.579. The average molecular weight is 344 g/mol. The first kappa shape index (κ1) is 17.9. The Morgan fingerprint density at radius 1 is 1.20 bits per heavy atom. The molecule has 3 rings (SSSR count). The van der Waals surface area contributed by atoms with Crippen LogP contribution in [0.4, 0.5) is 0 Å².